The Bertz CT molecular complexity index is 1180. The molecule has 9 nitrogen and oxygen atoms in total. The molecule has 1 aromatic heterocycles. The van der Waals surface area contributed by atoms with Crippen LogP contribution >= 0.6 is 11.8 Å². The monoisotopic (exact) mass is 525 g/mol. The van der Waals surface area contributed by atoms with Gasteiger partial charge in [0.2, 0.25) is 5.91 Å². The van der Waals surface area contributed by atoms with Crippen molar-refractivity contribution in [3.05, 3.63) is 77.6 Å². The van der Waals surface area contributed by atoms with Gasteiger partial charge in [-0.3, -0.25) is 9.59 Å². The second kappa shape index (κ2) is 12.9. The molecule has 2 aromatic carbocycles. The van der Waals surface area contributed by atoms with Gasteiger partial charge in [-0.15, -0.1) is 0 Å². The summed E-state index contributed by atoms with van der Waals surface area (Å²) >= 11 is 1.63. The predicted octanol–water partition coefficient (Wildman–Crippen LogP) is 4.44. The summed E-state index contributed by atoms with van der Waals surface area (Å²) in [5.74, 6) is -0.429. The minimum Gasteiger partial charge on any atom is -0.481 e. The molecule has 1 saturated heterocycles. The van der Waals surface area contributed by atoms with Crippen LogP contribution in [0.1, 0.15) is 54.8 Å². The molecule has 0 bridgehead atoms. The van der Waals surface area contributed by atoms with Gasteiger partial charge in [0.1, 0.15) is 0 Å². The standard InChI is InChI=1S/C27H31N3O6S/c1-30-14-13-28-27(30)37-17-22-15-23(19-7-5-18(16-31)6-8-19)36-26(35-22)20-9-11-21(12-10-20)29-24(32)3-2-4-25(33)34/h5-14,22-23,26,31H,2-4,15-17H2,1H3,(H,29,32)(H,33,34)/t22-,23+,26+/m0/s1. The first-order chi connectivity index (χ1) is 17.9. The second-order valence-corrected chi connectivity index (χ2v) is 9.89. The van der Waals surface area contributed by atoms with Crippen molar-refractivity contribution in [1.29, 1.82) is 0 Å². The number of amides is 1. The Balaban J connectivity index is 1.44. The summed E-state index contributed by atoms with van der Waals surface area (Å²) in [6.07, 6.45) is 3.90. The lowest BCUT2D eigenvalue weighted by atomic mass is 10.0. The lowest BCUT2D eigenvalue weighted by Crippen LogP contribution is -2.31. The van der Waals surface area contributed by atoms with Crippen molar-refractivity contribution >= 4 is 29.3 Å². The zero-order valence-electron chi connectivity index (χ0n) is 20.6. The molecule has 10 heteroatoms. The van der Waals surface area contributed by atoms with Crippen molar-refractivity contribution in [2.24, 2.45) is 7.05 Å². The number of thioether (sulfide) groups is 1. The molecule has 1 aliphatic heterocycles. The summed E-state index contributed by atoms with van der Waals surface area (Å²) in [6.45, 7) is -0.0110. The normalized spacial score (nSPS) is 19.5. The quantitative estimate of drug-likeness (QED) is 0.314. The van der Waals surface area contributed by atoms with Gasteiger partial charge in [0.05, 0.1) is 18.8 Å². The van der Waals surface area contributed by atoms with Crippen molar-refractivity contribution < 1.29 is 29.3 Å². The van der Waals surface area contributed by atoms with Gasteiger partial charge < -0.3 is 29.6 Å². The van der Waals surface area contributed by atoms with E-state index in [2.05, 4.69) is 10.3 Å². The molecule has 37 heavy (non-hydrogen) atoms. The number of carbonyl (C=O) groups excluding carboxylic acids is 1. The molecule has 0 saturated carbocycles. The summed E-state index contributed by atoms with van der Waals surface area (Å²) in [7, 11) is 1.96. The van der Waals surface area contributed by atoms with E-state index in [0.29, 0.717) is 24.3 Å². The van der Waals surface area contributed by atoms with E-state index in [1.807, 2.05) is 54.2 Å². The number of imidazole rings is 1. The number of anilines is 1. The molecule has 3 atom stereocenters. The fourth-order valence-corrected chi connectivity index (χ4v) is 4.98. The Hall–Kier alpha value is -3.18. The summed E-state index contributed by atoms with van der Waals surface area (Å²) in [6, 6.07) is 15.0. The minimum atomic E-state index is -0.913. The zero-order chi connectivity index (χ0) is 26.2. The average molecular weight is 526 g/mol. The molecule has 1 aliphatic rings. The largest absolute Gasteiger partial charge is 0.481 e. The topological polar surface area (TPSA) is 123 Å². The molecular weight excluding hydrogens is 494 g/mol. The van der Waals surface area contributed by atoms with Crippen molar-refractivity contribution in [3.63, 3.8) is 0 Å². The number of hydrogen-bond donors (Lipinski definition) is 3. The number of carboxylic acid groups (broad SMARTS) is 1. The van der Waals surface area contributed by atoms with Crippen LogP contribution in [0.5, 0.6) is 0 Å². The molecule has 3 aromatic rings. The molecule has 3 N–H and O–H groups in total. The highest BCUT2D eigenvalue weighted by Gasteiger charge is 2.32. The van der Waals surface area contributed by atoms with E-state index in [-0.39, 0.29) is 37.6 Å². The SMILES string of the molecule is Cn1ccnc1SC[C@@H]1C[C@H](c2ccc(CO)cc2)O[C@H](c2ccc(NC(=O)CCCC(=O)O)cc2)O1. The fraction of sp³-hybridized carbons (Fsp3) is 0.370. The number of carboxylic acids is 1. The number of carbonyl (C=O) groups is 2. The van der Waals surface area contributed by atoms with Crippen LogP contribution in [0.15, 0.2) is 66.1 Å². The number of rotatable bonds is 11. The summed E-state index contributed by atoms with van der Waals surface area (Å²) in [5.41, 5.74) is 3.31. The maximum Gasteiger partial charge on any atom is 0.303 e. The average Bonchev–Trinajstić information content (AvgIpc) is 3.32. The Labute approximate surface area is 219 Å². The summed E-state index contributed by atoms with van der Waals surface area (Å²) < 4.78 is 14.7. The van der Waals surface area contributed by atoms with Gasteiger partial charge >= 0.3 is 5.97 Å². The Morgan fingerprint density at radius 2 is 1.81 bits per heavy atom. The number of benzene rings is 2. The molecule has 0 radical (unpaired) electrons. The number of nitrogens with zero attached hydrogens (tertiary/aromatic N) is 2. The van der Waals surface area contributed by atoms with E-state index in [4.69, 9.17) is 14.6 Å². The van der Waals surface area contributed by atoms with Crippen LogP contribution < -0.4 is 5.32 Å². The van der Waals surface area contributed by atoms with E-state index in [0.717, 1.165) is 21.8 Å². The maximum absolute atomic E-state index is 12.1. The number of aliphatic hydroxyl groups is 1. The zero-order valence-corrected chi connectivity index (χ0v) is 21.4. The number of aromatic nitrogens is 2. The van der Waals surface area contributed by atoms with Crippen LogP contribution in [-0.4, -0.2) is 43.5 Å². The first-order valence-electron chi connectivity index (χ1n) is 12.1. The first-order valence-corrected chi connectivity index (χ1v) is 13.1. The molecule has 0 spiro atoms. The number of nitrogens with one attached hydrogen (secondary N) is 1. The van der Waals surface area contributed by atoms with Crippen LogP contribution in [0, 0.1) is 0 Å². The van der Waals surface area contributed by atoms with Crippen LogP contribution in [-0.2, 0) is 32.7 Å². The van der Waals surface area contributed by atoms with Crippen molar-refractivity contribution in [3.8, 4) is 0 Å². The molecule has 0 unspecified atom stereocenters. The number of ether oxygens (including phenoxy) is 2. The van der Waals surface area contributed by atoms with Crippen LogP contribution in [0.25, 0.3) is 0 Å². The van der Waals surface area contributed by atoms with Gasteiger partial charge in [0.15, 0.2) is 11.4 Å². The van der Waals surface area contributed by atoms with Gasteiger partial charge in [-0.25, -0.2) is 4.98 Å². The van der Waals surface area contributed by atoms with Crippen molar-refractivity contribution in [2.45, 2.75) is 55.9 Å². The van der Waals surface area contributed by atoms with Crippen LogP contribution in [0.4, 0.5) is 5.69 Å². The minimum absolute atomic E-state index is 0.0110. The highest BCUT2D eigenvalue weighted by atomic mass is 32.2. The Morgan fingerprint density at radius 1 is 1.08 bits per heavy atom. The van der Waals surface area contributed by atoms with Gasteiger partial charge in [0, 0.05) is 55.7 Å². The lowest BCUT2D eigenvalue weighted by molar-refractivity contribution is -0.245. The molecule has 2 heterocycles. The summed E-state index contributed by atoms with van der Waals surface area (Å²) in [4.78, 5) is 27.1. The first kappa shape index (κ1) is 26.9. The van der Waals surface area contributed by atoms with E-state index >= 15 is 0 Å². The molecule has 1 fully saturated rings. The van der Waals surface area contributed by atoms with Crippen LogP contribution in [0.2, 0.25) is 0 Å². The van der Waals surface area contributed by atoms with E-state index in [1.54, 1.807) is 30.1 Å². The number of aliphatic hydroxyl groups excluding tert-OH is 1. The number of aliphatic carboxylic acids is 1. The predicted molar refractivity (Wildman–Crippen MR) is 139 cm³/mol. The van der Waals surface area contributed by atoms with E-state index in [9.17, 15) is 14.7 Å². The number of hydrogen-bond acceptors (Lipinski definition) is 7. The molecule has 4 rings (SSSR count). The smallest absolute Gasteiger partial charge is 0.303 e. The fourth-order valence-electron chi connectivity index (χ4n) is 4.03. The Morgan fingerprint density at radius 3 is 2.46 bits per heavy atom. The third-order valence-electron chi connectivity index (χ3n) is 6.05. The van der Waals surface area contributed by atoms with E-state index < -0.39 is 12.3 Å². The maximum atomic E-state index is 12.1. The third-order valence-corrected chi connectivity index (χ3v) is 7.24. The van der Waals surface area contributed by atoms with Crippen LogP contribution in [0.3, 0.4) is 0 Å². The van der Waals surface area contributed by atoms with Crippen molar-refractivity contribution in [2.75, 3.05) is 11.1 Å². The highest BCUT2D eigenvalue weighted by molar-refractivity contribution is 7.99. The third kappa shape index (κ3) is 7.65. The second-order valence-electron chi connectivity index (χ2n) is 8.90. The van der Waals surface area contributed by atoms with E-state index in [1.165, 1.54) is 0 Å². The molecule has 1 amide bonds. The van der Waals surface area contributed by atoms with Crippen molar-refractivity contribution in [1.82, 2.24) is 9.55 Å². The van der Waals surface area contributed by atoms with Gasteiger partial charge in [0.25, 0.3) is 0 Å². The highest BCUT2D eigenvalue weighted by Crippen LogP contribution is 2.39. The summed E-state index contributed by atoms with van der Waals surface area (Å²) in [5, 5.41) is 21.8. The van der Waals surface area contributed by atoms with Gasteiger partial charge in [-0.2, -0.15) is 0 Å². The molecule has 0 aliphatic carbocycles. The Kier molecular flexibility index (Phi) is 9.34. The molecular formula is C27H31N3O6S. The molecule has 196 valence electrons. The van der Waals surface area contributed by atoms with Gasteiger partial charge in [-0.05, 0) is 29.7 Å². The number of aryl methyl sites for hydroxylation is 1. The van der Waals surface area contributed by atoms with Gasteiger partial charge in [-0.1, -0.05) is 48.2 Å². The lowest BCUT2D eigenvalue weighted by Gasteiger charge is -2.36.